The first-order chi connectivity index (χ1) is 14.0. The van der Waals surface area contributed by atoms with Crippen LogP contribution in [0.2, 0.25) is 0 Å². The highest BCUT2D eigenvalue weighted by atomic mass is 19.1. The zero-order valence-corrected chi connectivity index (χ0v) is 16.3. The van der Waals surface area contributed by atoms with E-state index in [1.807, 2.05) is 29.2 Å². The van der Waals surface area contributed by atoms with Gasteiger partial charge in [0.2, 0.25) is 11.8 Å². The number of ether oxygens (including phenoxy) is 1. The second-order valence-corrected chi connectivity index (χ2v) is 6.76. The lowest BCUT2D eigenvalue weighted by atomic mass is 10.2. The minimum absolute atomic E-state index is 0.0452. The number of carbonyl (C=O) groups is 2. The summed E-state index contributed by atoms with van der Waals surface area (Å²) in [5, 5.41) is 2.75. The third-order valence-electron chi connectivity index (χ3n) is 4.71. The molecule has 0 spiro atoms. The first-order valence-corrected chi connectivity index (χ1v) is 9.42. The number of piperazine rings is 1. The molecule has 0 atom stereocenters. The number of carbonyl (C=O) groups excluding carboxylic acids is 2. The Balaban J connectivity index is 1.43. The molecule has 1 aliphatic rings. The lowest BCUT2D eigenvalue weighted by Crippen LogP contribution is -2.50. The van der Waals surface area contributed by atoms with Crippen LogP contribution in [-0.2, 0) is 9.59 Å². The fraction of sp³-hybridized carbons (Fsp3) is 0.273. The number of hydrogen-bond acceptors (Lipinski definition) is 4. The van der Waals surface area contributed by atoms with Crippen LogP contribution in [0, 0.1) is 5.82 Å². The van der Waals surface area contributed by atoms with Gasteiger partial charge in [0, 0.05) is 37.9 Å². The summed E-state index contributed by atoms with van der Waals surface area (Å²) >= 11 is 0. The van der Waals surface area contributed by atoms with E-state index in [4.69, 9.17) is 4.74 Å². The van der Waals surface area contributed by atoms with Crippen LogP contribution in [0.15, 0.2) is 54.6 Å². The van der Waals surface area contributed by atoms with Gasteiger partial charge >= 0.3 is 0 Å². The van der Waals surface area contributed by atoms with E-state index in [9.17, 15) is 14.0 Å². The molecule has 1 heterocycles. The maximum Gasteiger partial charge on any atom is 0.246 e. The lowest BCUT2D eigenvalue weighted by molar-refractivity contribution is -0.127. The Hall–Kier alpha value is -3.19. The van der Waals surface area contributed by atoms with Gasteiger partial charge in [0.15, 0.2) is 0 Å². The topological polar surface area (TPSA) is 61.9 Å². The standard InChI is InChI=1S/C22H24FN3O3/c1-29-20-9-2-17(3-10-20)4-11-22(28)26-14-12-25(13-15-26)16-21(27)24-19-7-5-18(23)6-8-19/h2-11H,12-16H2,1H3,(H,24,27)/b11-4+. The fourth-order valence-corrected chi connectivity index (χ4v) is 3.05. The van der Waals surface area contributed by atoms with Gasteiger partial charge in [-0.05, 0) is 48.0 Å². The summed E-state index contributed by atoms with van der Waals surface area (Å²) in [7, 11) is 1.61. The third kappa shape index (κ3) is 6.15. The van der Waals surface area contributed by atoms with Crippen molar-refractivity contribution in [3.05, 3.63) is 66.0 Å². The van der Waals surface area contributed by atoms with Gasteiger partial charge in [-0.3, -0.25) is 14.5 Å². The Bertz CT molecular complexity index is 858. The number of amides is 2. The predicted molar refractivity (Wildman–Crippen MR) is 110 cm³/mol. The van der Waals surface area contributed by atoms with Crippen LogP contribution in [0.3, 0.4) is 0 Å². The normalized spacial score (nSPS) is 14.8. The van der Waals surface area contributed by atoms with Gasteiger partial charge in [0.25, 0.3) is 0 Å². The van der Waals surface area contributed by atoms with Crippen molar-refractivity contribution in [2.45, 2.75) is 0 Å². The molecule has 1 N–H and O–H groups in total. The fourth-order valence-electron chi connectivity index (χ4n) is 3.05. The molecule has 1 fully saturated rings. The molecular formula is C22H24FN3O3. The van der Waals surface area contributed by atoms with Crippen molar-refractivity contribution in [3.8, 4) is 5.75 Å². The number of halogens is 1. The zero-order valence-electron chi connectivity index (χ0n) is 16.3. The number of benzene rings is 2. The highest BCUT2D eigenvalue weighted by Gasteiger charge is 2.21. The average molecular weight is 397 g/mol. The van der Waals surface area contributed by atoms with Crippen molar-refractivity contribution in [1.29, 1.82) is 0 Å². The van der Waals surface area contributed by atoms with Gasteiger partial charge in [-0.15, -0.1) is 0 Å². The molecular weight excluding hydrogens is 373 g/mol. The van der Waals surface area contributed by atoms with Crippen LogP contribution < -0.4 is 10.1 Å². The van der Waals surface area contributed by atoms with Crippen molar-refractivity contribution < 1.29 is 18.7 Å². The van der Waals surface area contributed by atoms with Crippen LogP contribution in [0.1, 0.15) is 5.56 Å². The van der Waals surface area contributed by atoms with E-state index >= 15 is 0 Å². The molecule has 0 aromatic heterocycles. The van der Waals surface area contributed by atoms with E-state index in [2.05, 4.69) is 5.32 Å². The Labute approximate surface area is 169 Å². The molecule has 0 saturated carbocycles. The number of nitrogens with one attached hydrogen (secondary N) is 1. The Morgan fingerprint density at radius 3 is 2.31 bits per heavy atom. The average Bonchev–Trinajstić information content (AvgIpc) is 2.74. The highest BCUT2D eigenvalue weighted by Crippen LogP contribution is 2.13. The van der Waals surface area contributed by atoms with Gasteiger partial charge < -0.3 is 15.0 Å². The summed E-state index contributed by atoms with van der Waals surface area (Å²) in [5.41, 5.74) is 1.49. The summed E-state index contributed by atoms with van der Waals surface area (Å²) in [4.78, 5) is 28.3. The second-order valence-electron chi connectivity index (χ2n) is 6.76. The smallest absolute Gasteiger partial charge is 0.246 e. The Kier molecular flexibility index (Phi) is 6.97. The van der Waals surface area contributed by atoms with Gasteiger partial charge in [0.05, 0.1) is 13.7 Å². The SMILES string of the molecule is COc1ccc(/C=C/C(=O)N2CCN(CC(=O)Nc3ccc(F)cc3)CC2)cc1. The summed E-state index contributed by atoms with van der Waals surface area (Å²) < 4.78 is 18.0. The third-order valence-corrected chi connectivity index (χ3v) is 4.71. The highest BCUT2D eigenvalue weighted by molar-refractivity contribution is 5.93. The van der Waals surface area contributed by atoms with Crippen molar-refractivity contribution in [3.63, 3.8) is 0 Å². The summed E-state index contributed by atoms with van der Waals surface area (Å²) in [5.74, 6) is 0.227. The van der Waals surface area contributed by atoms with Crippen LogP contribution in [0.5, 0.6) is 5.75 Å². The predicted octanol–water partition coefficient (Wildman–Crippen LogP) is 2.63. The van der Waals surface area contributed by atoms with Crippen LogP contribution >= 0.6 is 0 Å². The molecule has 29 heavy (non-hydrogen) atoms. The molecule has 1 aliphatic heterocycles. The molecule has 2 aromatic carbocycles. The lowest BCUT2D eigenvalue weighted by Gasteiger charge is -2.33. The van der Waals surface area contributed by atoms with Crippen LogP contribution in [0.4, 0.5) is 10.1 Å². The summed E-state index contributed by atoms with van der Waals surface area (Å²) in [6.07, 6.45) is 3.35. The van der Waals surface area contributed by atoms with Crippen molar-refractivity contribution in [1.82, 2.24) is 9.80 Å². The van der Waals surface area contributed by atoms with Gasteiger partial charge in [-0.2, -0.15) is 0 Å². The molecule has 1 saturated heterocycles. The maximum absolute atomic E-state index is 12.9. The molecule has 152 valence electrons. The zero-order chi connectivity index (χ0) is 20.6. The Morgan fingerprint density at radius 1 is 1.03 bits per heavy atom. The molecule has 0 aliphatic carbocycles. The number of nitrogens with zero attached hydrogens (tertiary/aromatic N) is 2. The second kappa shape index (κ2) is 9.84. The number of methoxy groups -OCH3 is 1. The molecule has 0 radical (unpaired) electrons. The Morgan fingerprint density at radius 2 is 1.69 bits per heavy atom. The van der Waals surface area contributed by atoms with E-state index in [-0.39, 0.29) is 24.2 Å². The number of rotatable bonds is 6. The summed E-state index contributed by atoms with van der Waals surface area (Å²) in [6, 6.07) is 13.1. The summed E-state index contributed by atoms with van der Waals surface area (Å²) in [6.45, 7) is 2.62. The van der Waals surface area contributed by atoms with Gasteiger partial charge in [-0.1, -0.05) is 12.1 Å². The van der Waals surface area contributed by atoms with Crippen molar-refractivity contribution in [2.24, 2.45) is 0 Å². The van der Waals surface area contributed by atoms with Crippen molar-refractivity contribution >= 4 is 23.6 Å². The van der Waals surface area contributed by atoms with Gasteiger partial charge in [-0.25, -0.2) is 4.39 Å². The largest absolute Gasteiger partial charge is 0.497 e. The van der Waals surface area contributed by atoms with E-state index in [1.54, 1.807) is 24.2 Å². The van der Waals surface area contributed by atoms with E-state index < -0.39 is 0 Å². The first kappa shape index (κ1) is 20.5. The monoisotopic (exact) mass is 397 g/mol. The number of hydrogen-bond donors (Lipinski definition) is 1. The van der Waals surface area contributed by atoms with Crippen LogP contribution in [0.25, 0.3) is 6.08 Å². The molecule has 0 bridgehead atoms. The van der Waals surface area contributed by atoms with Crippen molar-refractivity contribution in [2.75, 3.05) is 45.2 Å². The minimum Gasteiger partial charge on any atom is -0.497 e. The van der Waals surface area contributed by atoms with Crippen LogP contribution in [-0.4, -0.2) is 61.4 Å². The van der Waals surface area contributed by atoms with E-state index in [0.717, 1.165) is 11.3 Å². The first-order valence-electron chi connectivity index (χ1n) is 9.42. The van der Waals surface area contributed by atoms with E-state index in [1.165, 1.54) is 24.3 Å². The number of anilines is 1. The molecule has 7 heteroatoms. The molecule has 2 amide bonds. The molecule has 6 nitrogen and oxygen atoms in total. The minimum atomic E-state index is -0.343. The molecule has 0 unspecified atom stereocenters. The quantitative estimate of drug-likeness (QED) is 0.762. The van der Waals surface area contributed by atoms with Gasteiger partial charge in [0.1, 0.15) is 11.6 Å². The maximum atomic E-state index is 12.9. The molecule has 2 aromatic rings. The van der Waals surface area contributed by atoms with E-state index in [0.29, 0.717) is 31.9 Å². The molecule has 3 rings (SSSR count).